The van der Waals surface area contributed by atoms with Gasteiger partial charge in [0.1, 0.15) is 0 Å². The number of amides is 1. The van der Waals surface area contributed by atoms with Gasteiger partial charge in [0.15, 0.2) is 0 Å². The molecule has 0 unspecified atom stereocenters. The topological polar surface area (TPSA) is 29.5 Å². The molecule has 0 aromatic rings. The molecule has 0 fully saturated rings. The zero-order valence-corrected chi connectivity index (χ0v) is 10.7. The SMILES string of the molecule is CCN(CC)C(=O)OCCCCCBr. The lowest BCUT2D eigenvalue weighted by Gasteiger charge is -2.17. The van der Waals surface area contributed by atoms with Gasteiger partial charge in [0, 0.05) is 18.4 Å². The van der Waals surface area contributed by atoms with Crippen molar-refractivity contribution in [3.63, 3.8) is 0 Å². The van der Waals surface area contributed by atoms with Gasteiger partial charge >= 0.3 is 6.09 Å². The fourth-order valence-electron chi connectivity index (χ4n) is 1.11. The fourth-order valence-corrected chi connectivity index (χ4v) is 1.50. The van der Waals surface area contributed by atoms with E-state index in [0.717, 1.165) is 37.7 Å². The summed E-state index contributed by atoms with van der Waals surface area (Å²) in [6, 6.07) is 0. The van der Waals surface area contributed by atoms with Crippen LogP contribution in [-0.4, -0.2) is 36.0 Å². The number of hydrogen-bond donors (Lipinski definition) is 0. The zero-order chi connectivity index (χ0) is 10.8. The number of halogens is 1. The standard InChI is InChI=1S/C10H20BrNO2/c1-3-12(4-2)10(13)14-9-7-5-6-8-11/h3-9H2,1-2H3. The Kier molecular flexibility index (Phi) is 9.14. The van der Waals surface area contributed by atoms with Crippen molar-refractivity contribution in [1.29, 1.82) is 0 Å². The predicted molar refractivity (Wildman–Crippen MR) is 61.9 cm³/mol. The zero-order valence-electron chi connectivity index (χ0n) is 9.09. The first-order chi connectivity index (χ1) is 6.76. The van der Waals surface area contributed by atoms with E-state index in [9.17, 15) is 4.79 Å². The molecular weight excluding hydrogens is 246 g/mol. The van der Waals surface area contributed by atoms with Crippen LogP contribution in [0, 0.1) is 0 Å². The summed E-state index contributed by atoms with van der Waals surface area (Å²) in [6.45, 7) is 5.89. The van der Waals surface area contributed by atoms with E-state index < -0.39 is 0 Å². The lowest BCUT2D eigenvalue weighted by atomic mass is 10.3. The Balaban J connectivity index is 3.43. The summed E-state index contributed by atoms with van der Waals surface area (Å²) in [5.41, 5.74) is 0. The van der Waals surface area contributed by atoms with Crippen molar-refractivity contribution in [2.24, 2.45) is 0 Å². The Morgan fingerprint density at radius 2 is 1.86 bits per heavy atom. The van der Waals surface area contributed by atoms with Crippen molar-refractivity contribution in [1.82, 2.24) is 4.90 Å². The van der Waals surface area contributed by atoms with Gasteiger partial charge in [0.2, 0.25) is 0 Å². The van der Waals surface area contributed by atoms with E-state index in [-0.39, 0.29) is 6.09 Å². The van der Waals surface area contributed by atoms with Gasteiger partial charge in [-0.05, 0) is 33.1 Å². The molecule has 0 saturated heterocycles. The van der Waals surface area contributed by atoms with Crippen LogP contribution in [0.5, 0.6) is 0 Å². The maximum atomic E-state index is 11.3. The van der Waals surface area contributed by atoms with Crippen LogP contribution in [0.2, 0.25) is 0 Å². The highest BCUT2D eigenvalue weighted by Crippen LogP contribution is 2.00. The first-order valence-electron chi connectivity index (χ1n) is 5.23. The van der Waals surface area contributed by atoms with Crippen LogP contribution in [0.25, 0.3) is 0 Å². The molecule has 4 heteroatoms. The molecule has 0 aromatic carbocycles. The molecule has 0 aliphatic rings. The molecule has 0 aromatic heterocycles. The van der Waals surface area contributed by atoms with Gasteiger partial charge in [-0.1, -0.05) is 15.9 Å². The lowest BCUT2D eigenvalue weighted by molar-refractivity contribution is 0.104. The van der Waals surface area contributed by atoms with Gasteiger partial charge in [-0.25, -0.2) is 4.79 Å². The second kappa shape index (κ2) is 9.31. The highest BCUT2D eigenvalue weighted by Gasteiger charge is 2.09. The first-order valence-corrected chi connectivity index (χ1v) is 6.36. The number of alkyl halides is 1. The van der Waals surface area contributed by atoms with Crippen LogP contribution in [0.3, 0.4) is 0 Å². The van der Waals surface area contributed by atoms with Gasteiger partial charge in [0.05, 0.1) is 6.61 Å². The molecule has 0 atom stereocenters. The van der Waals surface area contributed by atoms with Gasteiger partial charge in [-0.3, -0.25) is 0 Å². The molecular formula is C10H20BrNO2. The van der Waals surface area contributed by atoms with Crippen LogP contribution in [0.15, 0.2) is 0 Å². The lowest BCUT2D eigenvalue weighted by Crippen LogP contribution is -2.31. The summed E-state index contributed by atoms with van der Waals surface area (Å²) in [7, 11) is 0. The van der Waals surface area contributed by atoms with Crippen LogP contribution in [0.1, 0.15) is 33.1 Å². The molecule has 0 heterocycles. The average Bonchev–Trinajstić information content (AvgIpc) is 2.19. The van der Waals surface area contributed by atoms with Gasteiger partial charge < -0.3 is 9.64 Å². The van der Waals surface area contributed by atoms with Crippen LogP contribution < -0.4 is 0 Å². The van der Waals surface area contributed by atoms with E-state index in [4.69, 9.17) is 4.74 Å². The second-order valence-corrected chi connectivity index (χ2v) is 3.83. The summed E-state index contributed by atoms with van der Waals surface area (Å²) in [4.78, 5) is 13.0. The maximum absolute atomic E-state index is 11.3. The number of unbranched alkanes of at least 4 members (excludes halogenated alkanes) is 2. The van der Waals surface area contributed by atoms with Crippen molar-refractivity contribution in [3.05, 3.63) is 0 Å². The molecule has 14 heavy (non-hydrogen) atoms. The maximum Gasteiger partial charge on any atom is 0.409 e. The van der Waals surface area contributed by atoms with E-state index in [0.29, 0.717) is 6.61 Å². The Hall–Kier alpha value is -0.250. The molecule has 84 valence electrons. The first kappa shape index (κ1) is 13.8. The van der Waals surface area contributed by atoms with Crippen molar-refractivity contribution < 1.29 is 9.53 Å². The Bertz CT molecular complexity index is 149. The van der Waals surface area contributed by atoms with Crippen molar-refractivity contribution in [2.45, 2.75) is 33.1 Å². The molecule has 1 amide bonds. The summed E-state index contributed by atoms with van der Waals surface area (Å²) in [5.74, 6) is 0. The van der Waals surface area contributed by atoms with Crippen LogP contribution >= 0.6 is 15.9 Å². The van der Waals surface area contributed by atoms with E-state index in [1.54, 1.807) is 4.90 Å². The number of hydrogen-bond acceptors (Lipinski definition) is 2. The number of carbonyl (C=O) groups excluding carboxylic acids is 1. The summed E-state index contributed by atoms with van der Waals surface area (Å²) < 4.78 is 5.10. The largest absolute Gasteiger partial charge is 0.449 e. The minimum Gasteiger partial charge on any atom is -0.449 e. The van der Waals surface area contributed by atoms with E-state index >= 15 is 0 Å². The minimum absolute atomic E-state index is 0.186. The number of rotatable bonds is 7. The van der Waals surface area contributed by atoms with E-state index in [1.165, 1.54) is 0 Å². The Labute approximate surface area is 94.9 Å². The van der Waals surface area contributed by atoms with Crippen molar-refractivity contribution in [2.75, 3.05) is 25.0 Å². The number of carbonyl (C=O) groups is 1. The second-order valence-electron chi connectivity index (χ2n) is 3.04. The minimum atomic E-state index is -0.186. The molecule has 3 nitrogen and oxygen atoms in total. The third-order valence-electron chi connectivity index (χ3n) is 2.03. The highest BCUT2D eigenvalue weighted by atomic mass is 79.9. The smallest absolute Gasteiger partial charge is 0.409 e. The normalized spacial score (nSPS) is 9.93. The molecule has 0 spiro atoms. The van der Waals surface area contributed by atoms with E-state index in [1.807, 2.05) is 13.8 Å². The Morgan fingerprint density at radius 1 is 1.21 bits per heavy atom. The molecule has 0 aliphatic carbocycles. The summed E-state index contributed by atoms with van der Waals surface area (Å²) in [5, 5.41) is 1.02. The summed E-state index contributed by atoms with van der Waals surface area (Å²) in [6.07, 6.45) is 3.02. The molecule has 0 aliphatic heterocycles. The monoisotopic (exact) mass is 265 g/mol. The quantitative estimate of drug-likeness (QED) is 0.523. The number of nitrogens with zero attached hydrogens (tertiary/aromatic N) is 1. The van der Waals surface area contributed by atoms with E-state index in [2.05, 4.69) is 15.9 Å². The van der Waals surface area contributed by atoms with Crippen LogP contribution in [0.4, 0.5) is 4.79 Å². The number of ether oxygens (including phenoxy) is 1. The van der Waals surface area contributed by atoms with Gasteiger partial charge in [0.25, 0.3) is 0 Å². The van der Waals surface area contributed by atoms with Gasteiger partial charge in [-0.2, -0.15) is 0 Å². The van der Waals surface area contributed by atoms with Crippen molar-refractivity contribution in [3.8, 4) is 0 Å². The Morgan fingerprint density at radius 3 is 2.36 bits per heavy atom. The molecule has 0 saturated carbocycles. The predicted octanol–water partition coefficient (Wildman–Crippen LogP) is 3.03. The molecule has 0 rings (SSSR count). The summed E-state index contributed by atoms with van der Waals surface area (Å²) >= 11 is 3.36. The third kappa shape index (κ3) is 6.24. The molecule has 0 radical (unpaired) electrons. The third-order valence-corrected chi connectivity index (χ3v) is 2.59. The fraction of sp³-hybridized carbons (Fsp3) is 0.900. The highest BCUT2D eigenvalue weighted by molar-refractivity contribution is 9.09. The van der Waals surface area contributed by atoms with Gasteiger partial charge in [-0.15, -0.1) is 0 Å². The average molecular weight is 266 g/mol. The van der Waals surface area contributed by atoms with Crippen molar-refractivity contribution >= 4 is 22.0 Å². The molecule has 0 bridgehead atoms. The molecule has 0 N–H and O–H groups in total. The van der Waals surface area contributed by atoms with Crippen LogP contribution in [-0.2, 0) is 4.74 Å².